The third-order valence-corrected chi connectivity index (χ3v) is 4.15. The van der Waals surface area contributed by atoms with E-state index in [-0.39, 0.29) is 0 Å². The summed E-state index contributed by atoms with van der Waals surface area (Å²) in [6, 6.07) is 8.88. The van der Waals surface area contributed by atoms with Gasteiger partial charge in [0.15, 0.2) is 0 Å². The number of hydrogen-bond acceptors (Lipinski definition) is 2. The van der Waals surface area contributed by atoms with E-state index < -0.39 is 0 Å². The van der Waals surface area contributed by atoms with Crippen molar-refractivity contribution in [3.8, 4) is 0 Å². The van der Waals surface area contributed by atoms with Crippen molar-refractivity contribution in [3.63, 3.8) is 0 Å². The van der Waals surface area contributed by atoms with E-state index >= 15 is 0 Å². The Hall–Kier alpha value is -1.02. The van der Waals surface area contributed by atoms with Gasteiger partial charge < -0.3 is 5.73 Å². The van der Waals surface area contributed by atoms with Gasteiger partial charge in [-0.05, 0) is 36.8 Å². The standard InChI is InChI=1S/C15H24N2/c1-11-8-12(2)13(3)17(9-11)10-14-6-4-5-7-15(14)16/h4-7,11-13H,8-10,16H2,1-3H3. The average molecular weight is 232 g/mol. The number of nitrogens with two attached hydrogens (primary N) is 1. The maximum atomic E-state index is 6.03. The summed E-state index contributed by atoms with van der Waals surface area (Å²) in [5.74, 6) is 1.58. The van der Waals surface area contributed by atoms with Gasteiger partial charge in [0.1, 0.15) is 0 Å². The minimum absolute atomic E-state index is 0.658. The largest absolute Gasteiger partial charge is 0.398 e. The molecule has 3 unspecified atom stereocenters. The number of nitrogen functional groups attached to an aromatic ring is 1. The van der Waals surface area contributed by atoms with Gasteiger partial charge in [-0.15, -0.1) is 0 Å². The molecular formula is C15H24N2. The molecule has 0 spiro atoms. The number of para-hydroxylation sites is 1. The fraction of sp³-hybridized carbons (Fsp3) is 0.600. The predicted molar refractivity (Wildman–Crippen MR) is 73.7 cm³/mol. The Bertz CT molecular complexity index is 375. The van der Waals surface area contributed by atoms with Crippen LogP contribution in [0, 0.1) is 11.8 Å². The molecule has 2 N–H and O–H groups in total. The number of likely N-dealkylation sites (tertiary alicyclic amines) is 1. The molecule has 0 aromatic heterocycles. The minimum Gasteiger partial charge on any atom is -0.398 e. The molecule has 1 saturated heterocycles. The van der Waals surface area contributed by atoms with Crippen LogP contribution in [0.3, 0.4) is 0 Å². The Morgan fingerprint density at radius 2 is 1.94 bits per heavy atom. The number of nitrogens with zero attached hydrogens (tertiary/aromatic N) is 1. The maximum Gasteiger partial charge on any atom is 0.0359 e. The zero-order valence-electron chi connectivity index (χ0n) is 11.2. The van der Waals surface area contributed by atoms with E-state index in [2.05, 4.69) is 37.8 Å². The van der Waals surface area contributed by atoms with Gasteiger partial charge in [-0.25, -0.2) is 0 Å². The van der Waals surface area contributed by atoms with Crippen molar-refractivity contribution in [2.24, 2.45) is 11.8 Å². The minimum atomic E-state index is 0.658. The van der Waals surface area contributed by atoms with Gasteiger partial charge in [-0.1, -0.05) is 32.0 Å². The lowest BCUT2D eigenvalue weighted by Crippen LogP contribution is -2.45. The van der Waals surface area contributed by atoms with Crippen LogP contribution in [0.2, 0.25) is 0 Å². The van der Waals surface area contributed by atoms with Crippen molar-refractivity contribution >= 4 is 5.69 Å². The summed E-state index contributed by atoms with van der Waals surface area (Å²) in [7, 11) is 0. The van der Waals surface area contributed by atoms with Gasteiger partial charge >= 0.3 is 0 Å². The van der Waals surface area contributed by atoms with Crippen molar-refractivity contribution in [2.75, 3.05) is 12.3 Å². The molecule has 0 amide bonds. The van der Waals surface area contributed by atoms with Gasteiger partial charge in [-0.3, -0.25) is 4.90 Å². The highest BCUT2D eigenvalue weighted by molar-refractivity contribution is 5.46. The van der Waals surface area contributed by atoms with E-state index in [1.54, 1.807) is 0 Å². The summed E-state index contributed by atoms with van der Waals surface area (Å²) in [6.45, 7) is 9.24. The molecule has 1 aromatic rings. The second-order valence-corrected chi connectivity index (χ2v) is 5.69. The van der Waals surface area contributed by atoms with Crippen LogP contribution in [0.1, 0.15) is 32.8 Å². The summed E-state index contributed by atoms with van der Waals surface area (Å²) < 4.78 is 0. The van der Waals surface area contributed by atoms with Crippen LogP contribution in [0.5, 0.6) is 0 Å². The van der Waals surface area contributed by atoms with Crippen LogP contribution >= 0.6 is 0 Å². The van der Waals surface area contributed by atoms with Crippen LogP contribution in [0.25, 0.3) is 0 Å². The van der Waals surface area contributed by atoms with Gasteiger partial charge in [0.05, 0.1) is 0 Å². The van der Waals surface area contributed by atoms with Gasteiger partial charge in [0, 0.05) is 24.8 Å². The lowest BCUT2D eigenvalue weighted by molar-refractivity contribution is 0.0731. The molecule has 2 heteroatoms. The maximum absolute atomic E-state index is 6.03. The van der Waals surface area contributed by atoms with E-state index in [0.717, 1.165) is 24.1 Å². The quantitative estimate of drug-likeness (QED) is 0.794. The van der Waals surface area contributed by atoms with Crippen molar-refractivity contribution in [1.29, 1.82) is 0 Å². The third-order valence-electron chi connectivity index (χ3n) is 4.15. The first kappa shape index (κ1) is 12.4. The molecule has 2 rings (SSSR count). The van der Waals surface area contributed by atoms with Crippen LogP contribution in [0.15, 0.2) is 24.3 Å². The molecule has 1 aliphatic rings. The number of benzene rings is 1. The topological polar surface area (TPSA) is 29.3 Å². The Morgan fingerprint density at radius 3 is 2.65 bits per heavy atom. The molecule has 1 aliphatic heterocycles. The van der Waals surface area contributed by atoms with Gasteiger partial charge in [0.2, 0.25) is 0 Å². The lowest BCUT2D eigenvalue weighted by atomic mass is 9.85. The molecule has 0 aliphatic carbocycles. The van der Waals surface area contributed by atoms with Crippen molar-refractivity contribution in [3.05, 3.63) is 29.8 Å². The monoisotopic (exact) mass is 232 g/mol. The highest BCUT2D eigenvalue weighted by atomic mass is 15.2. The van der Waals surface area contributed by atoms with Crippen molar-refractivity contribution in [1.82, 2.24) is 4.90 Å². The molecule has 17 heavy (non-hydrogen) atoms. The molecule has 1 aromatic carbocycles. The van der Waals surface area contributed by atoms with E-state index in [4.69, 9.17) is 5.73 Å². The van der Waals surface area contributed by atoms with Crippen LogP contribution in [-0.4, -0.2) is 17.5 Å². The SMILES string of the molecule is CC1CC(C)C(C)N(Cc2ccccc2N)C1. The predicted octanol–water partition coefficient (Wildman–Crippen LogP) is 3.14. The number of anilines is 1. The van der Waals surface area contributed by atoms with E-state index in [1.165, 1.54) is 18.5 Å². The Balaban J connectivity index is 2.10. The van der Waals surface area contributed by atoms with Crippen LogP contribution in [0.4, 0.5) is 5.69 Å². The van der Waals surface area contributed by atoms with Gasteiger partial charge in [-0.2, -0.15) is 0 Å². The molecular weight excluding hydrogens is 208 g/mol. The highest BCUT2D eigenvalue weighted by Crippen LogP contribution is 2.28. The van der Waals surface area contributed by atoms with Gasteiger partial charge in [0.25, 0.3) is 0 Å². The van der Waals surface area contributed by atoms with Crippen LogP contribution < -0.4 is 5.73 Å². The first-order valence-corrected chi connectivity index (χ1v) is 6.65. The third kappa shape index (κ3) is 2.81. The molecule has 0 saturated carbocycles. The fourth-order valence-electron chi connectivity index (χ4n) is 2.94. The van der Waals surface area contributed by atoms with E-state index in [1.807, 2.05) is 12.1 Å². The van der Waals surface area contributed by atoms with Crippen molar-refractivity contribution < 1.29 is 0 Å². The highest BCUT2D eigenvalue weighted by Gasteiger charge is 2.28. The molecule has 1 heterocycles. The smallest absolute Gasteiger partial charge is 0.0359 e. The zero-order valence-corrected chi connectivity index (χ0v) is 11.2. The van der Waals surface area contributed by atoms with Crippen LogP contribution in [-0.2, 0) is 6.54 Å². The lowest BCUT2D eigenvalue weighted by Gasteiger charge is -2.41. The summed E-state index contributed by atoms with van der Waals surface area (Å²) in [5, 5.41) is 0. The molecule has 2 nitrogen and oxygen atoms in total. The number of hydrogen-bond donors (Lipinski definition) is 1. The second kappa shape index (κ2) is 5.09. The summed E-state index contributed by atoms with van der Waals surface area (Å²) in [5.41, 5.74) is 8.21. The second-order valence-electron chi connectivity index (χ2n) is 5.69. The van der Waals surface area contributed by atoms with E-state index in [0.29, 0.717) is 6.04 Å². The van der Waals surface area contributed by atoms with E-state index in [9.17, 15) is 0 Å². The first-order chi connectivity index (χ1) is 8.08. The fourth-order valence-corrected chi connectivity index (χ4v) is 2.94. The Morgan fingerprint density at radius 1 is 1.24 bits per heavy atom. The molecule has 1 fully saturated rings. The number of piperidine rings is 1. The summed E-state index contributed by atoms with van der Waals surface area (Å²) in [4.78, 5) is 2.57. The van der Waals surface area contributed by atoms with Crippen molar-refractivity contribution in [2.45, 2.75) is 39.8 Å². The average Bonchev–Trinajstić information content (AvgIpc) is 2.28. The molecule has 0 radical (unpaired) electrons. The molecule has 0 bridgehead atoms. The Kier molecular flexibility index (Phi) is 3.72. The first-order valence-electron chi connectivity index (χ1n) is 6.65. The molecule has 3 atom stereocenters. The summed E-state index contributed by atoms with van der Waals surface area (Å²) >= 11 is 0. The zero-order chi connectivity index (χ0) is 12.4. The normalized spacial score (nSPS) is 30.4. The molecule has 94 valence electrons. The summed E-state index contributed by atoms with van der Waals surface area (Å²) in [6.07, 6.45) is 1.35. The number of rotatable bonds is 2. The Labute approximate surface area is 105 Å².